The fourth-order valence-corrected chi connectivity index (χ4v) is 4.82. The normalized spacial score (nSPS) is 16.0. The van der Waals surface area contributed by atoms with E-state index in [0.717, 1.165) is 34.0 Å². The zero-order valence-corrected chi connectivity index (χ0v) is 23.3. The monoisotopic (exact) mass is 570 g/mol. The molecule has 0 radical (unpaired) electrons. The van der Waals surface area contributed by atoms with Gasteiger partial charge in [0.1, 0.15) is 18.0 Å². The quantitative estimate of drug-likeness (QED) is 0.459. The van der Waals surface area contributed by atoms with Crippen molar-refractivity contribution in [2.24, 2.45) is 0 Å². The molecule has 0 atom stereocenters. The standard InChI is InChI=1S/C29H35BrN2O5/c1-29(2,3)37-28(35)31-15-14-24(20-8-12-23(13-9-20)36-17-16-33)25(19-31)27(34)32(22-10-11-22)18-21-6-4-5-7-26(21)30/h4-9,12-13,22,33H,10-11,14-19H2,1-3H3. The molecule has 1 fully saturated rings. The van der Waals surface area contributed by atoms with Crippen LogP contribution in [-0.2, 0) is 16.1 Å². The molecule has 2 aliphatic rings. The first kappa shape index (κ1) is 27.2. The summed E-state index contributed by atoms with van der Waals surface area (Å²) in [6.07, 6.45) is 2.09. The maximum absolute atomic E-state index is 14.2. The number of hydrogen-bond acceptors (Lipinski definition) is 5. The molecule has 0 unspecified atom stereocenters. The molecule has 0 spiro atoms. The van der Waals surface area contributed by atoms with Crippen LogP contribution in [0.25, 0.3) is 5.57 Å². The summed E-state index contributed by atoms with van der Waals surface area (Å²) in [4.78, 5) is 30.7. The Morgan fingerprint density at radius 3 is 2.43 bits per heavy atom. The number of carbonyl (C=O) groups excluding carboxylic acids is 2. The van der Waals surface area contributed by atoms with Crippen molar-refractivity contribution in [3.63, 3.8) is 0 Å². The summed E-state index contributed by atoms with van der Waals surface area (Å²) in [6.45, 7) is 6.87. The molecule has 1 saturated carbocycles. The second kappa shape index (κ2) is 11.7. The highest BCUT2D eigenvalue weighted by molar-refractivity contribution is 9.10. The first-order valence-corrected chi connectivity index (χ1v) is 13.5. The number of ether oxygens (including phenoxy) is 2. The van der Waals surface area contributed by atoms with Crippen LogP contribution in [0.4, 0.5) is 4.79 Å². The van der Waals surface area contributed by atoms with Gasteiger partial charge in [-0.05, 0) is 74.9 Å². The number of benzene rings is 2. The lowest BCUT2D eigenvalue weighted by atomic mass is 9.92. The van der Waals surface area contributed by atoms with E-state index in [1.165, 1.54) is 0 Å². The lowest BCUT2D eigenvalue weighted by Gasteiger charge is -2.34. The Balaban J connectivity index is 1.67. The highest BCUT2D eigenvalue weighted by Crippen LogP contribution is 2.35. The zero-order chi connectivity index (χ0) is 26.6. The fourth-order valence-electron chi connectivity index (χ4n) is 4.41. The Kier molecular flexibility index (Phi) is 8.60. The molecule has 2 aromatic rings. The number of amides is 2. The minimum absolute atomic E-state index is 0.0397. The molecule has 1 heterocycles. The van der Waals surface area contributed by atoms with Gasteiger partial charge in [0, 0.05) is 29.2 Å². The van der Waals surface area contributed by atoms with Crippen molar-refractivity contribution in [2.45, 2.75) is 58.2 Å². The van der Waals surface area contributed by atoms with Crippen LogP contribution in [0, 0.1) is 0 Å². The maximum atomic E-state index is 14.2. The van der Waals surface area contributed by atoms with Crippen molar-refractivity contribution in [3.8, 4) is 5.75 Å². The van der Waals surface area contributed by atoms with Crippen molar-refractivity contribution >= 4 is 33.5 Å². The molecule has 198 valence electrons. The number of nitrogens with zero attached hydrogens (tertiary/aromatic N) is 2. The van der Waals surface area contributed by atoms with Gasteiger partial charge in [-0.1, -0.05) is 46.3 Å². The van der Waals surface area contributed by atoms with E-state index >= 15 is 0 Å². The Hall–Kier alpha value is -2.84. The Bertz CT molecular complexity index is 1150. The minimum atomic E-state index is -0.616. The second-order valence-corrected chi connectivity index (χ2v) is 11.3. The van der Waals surface area contributed by atoms with Crippen LogP contribution in [0.2, 0.25) is 0 Å². The van der Waals surface area contributed by atoms with E-state index < -0.39 is 11.7 Å². The van der Waals surface area contributed by atoms with Gasteiger partial charge in [0.15, 0.2) is 0 Å². The van der Waals surface area contributed by atoms with E-state index in [0.29, 0.717) is 30.8 Å². The van der Waals surface area contributed by atoms with Crippen LogP contribution in [-0.4, -0.2) is 64.9 Å². The lowest BCUT2D eigenvalue weighted by Crippen LogP contribution is -2.44. The van der Waals surface area contributed by atoms with Gasteiger partial charge in [-0.3, -0.25) is 4.79 Å². The van der Waals surface area contributed by atoms with Crippen molar-refractivity contribution < 1.29 is 24.2 Å². The number of aliphatic hydroxyl groups is 1. The summed E-state index contributed by atoms with van der Waals surface area (Å²) in [5.74, 6) is 0.619. The van der Waals surface area contributed by atoms with Crippen LogP contribution in [0.3, 0.4) is 0 Å². The summed E-state index contributed by atoms with van der Waals surface area (Å²) in [5, 5.41) is 9.03. The highest BCUT2D eigenvalue weighted by Gasteiger charge is 2.38. The molecule has 1 aliphatic heterocycles. The molecule has 7 nitrogen and oxygen atoms in total. The SMILES string of the molecule is CC(C)(C)OC(=O)N1CCC(c2ccc(OCCO)cc2)=C(C(=O)N(Cc2ccccc2Br)C2CC2)C1. The summed E-state index contributed by atoms with van der Waals surface area (Å²) in [7, 11) is 0. The molecule has 2 aromatic carbocycles. The van der Waals surface area contributed by atoms with Gasteiger partial charge in [0.25, 0.3) is 5.91 Å². The van der Waals surface area contributed by atoms with Gasteiger partial charge in [-0.15, -0.1) is 0 Å². The van der Waals surface area contributed by atoms with E-state index in [1.54, 1.807) is 4.90 Å². The van der Waals surface area contributed by atoms with Gasteiger partial charge in [-0.2, -0.15) is 0 Å². The van der Waals surface area contributed by atoms with Crippen molar-refractivity contribution in [2.75, 3.05) is 26.3 Å². The van der Waals surface area contributed by atoms with Crippen LogP contribution < -0.4 is 4.74 Å². The minimum Gasteiger partial charge on any atom is -0.491 e. The molecular formula is C29H35BrN2O5. The molecule has 0 saturated heterocycles. The molecule has 8 heteroatoms. The van der Waals surface area contributed by atoms with E-state index in [-0.39, 0.29) is 31.7 Å². The highest BCUT2D eigenvalue weighted by atomic mass is 79.9. The third-order valence-corrected chi connectivity index (χ3v) is 7.14. The third kappa shape index (κ3) is 7.14. The predicted octanol–water partition coefficient (Wildman–Crippen LogP) is 5.41. The van der Waals surface area contributed by atoms with E-state index in [1.807, 2.05) is 74.2 Å². The Morgan fingerprint density at radius 2 is 1.81 bits per heavy atom. The molecule has 37 heavy (non-hydrogen) atoms. The summed E-state index contributed by atoms with van der Waals surface area (Å²) >= 11 is 3.62. The average molecular weight is 572 g/mol. The van der Waals surface area contributed by atoms with Gasteiger partial charge in [-0.25, -0.2) is 4.79 Å². The Labute approximate surface area is 227 Å². The molecule has 4 rings (SSSR count). The Morgan fingerprint density at radius 1 is 1.11 bits per heavy atom. The summed E-state index contributed by atoms with van der Waals surface area (Å²) in [6, 6.07) is 15.7. The molecule has 1 N–H and O–H groups in total. The zero-order valence-electron chi connectivity index (χ0n) is 21.7. The van der Waals surface area contributed by atoms with Crippen molar-refractivity contribution in [1.29, 1.82) is 0 Å². The maximum Gasteiger partial charge on any atom is 0.410 e. The predicted molar refractivity (Wildman–Crippen MR) is 146 cm³/mol. The average Bonchev–Trinajstić information content (AvgIpc) is 3.71. The number of hydrogen-bond donors (Lipinski definition) is 1. The number of rotatable bonds is 8. The lowest BCUT2D eigenvalue weighted by molar-refractivity contribution is -0.128. The van der Waals surface area contributed by atoms with E-state index in [2.05, 4.69) is 15.9 Å². The first-order valence-electron chi connectivity index (χ1n) is 12.7. The number of aliphatic hydroxyl groups excluding tert-OH is 1. The molecule has 2 amide bonds. The van der Waals surface area contributed by atoms with Crippen LogP contribution in [0.5, 0.6) is 5.75 Å². The van der Waals surface area contributed by atoms with Crippen molar-refractivity contribution in [3.05, 3.63) is 69.7 Å². The smallest absolute Gasteiger partial charge is 0.410 e. The summed E-state index contributed by atoms with van der Waals surface area (Å²) < 4.78 is 12.1. The van der Waals surface area contributed by atoms with E-state index in [9.17, 15) is 9.59 Å². The van der Waals surface area contributed by atoms with Crippen LogP contribution in [0.15, 0.2) is 58.6 Å². The topological polar surface area (TPSA) is 79.3 Å². The molecule has 0 bridgehead atoms. The van der Waals surface area contributed by atoms with Gasteiger partial charge in [0.2, 0.25) is 0 Å². The fraction of sp³-hybridized carbons (Fsp3) is 0.448. The van der Waals surface area contributed by atoms with Crippen LogP contribution in [0.1, 0.15) is 51.2 Å². The second-order valence-electron chi connectivity index (χ2n) is 10.5. The number of carbonyl (C=O) groups is 2. The largest absolute Gasteiger partial charge is 0.491 e. The van der Waals surface area contributed by atoms with Crippen molar-refractivity contribution in [1.82, 2.24) is 9.80 Å². The molecule has 1 aliphatic carbocycles. The van der Waals surface area contributed by atoms with Gasteiger partial charge >= 0.3 is 6.09 Å². The molecule has 0 aromatic heterocycles. The molecular weight excluding hydrogens is 536 g/mol. The van der Waals surface area contributed by atoms with Gasteiger partial charge < -0.3 is 24.4 Å². The first-order chi connectivity index (χ1) is 17.7. The van der Waals surface area contributed by atoms with Gasteiger partial charge in [0.05, 0.1) is 13.2 Å². The van der Waals surface area contributed by atoms with Crippen LogP contribution >= 0.6 is 15.9 Å². The number of halogens is 1. The summed E-state index contributed by atoms with van der Waals surface area (Å²) in [5.41, 5.74) is 2.93. The third-order valence-electron chi connectivity index (χ3n) is 6.36. The van der Waals surface area contributed by atoms with E-state index in [4.69, 9.17) is 14.6 Å².